The Bertz CT molecular complexity index is 538. The summed E-state index contributed by atoms with van der Waals surface area (Å²) in [4.78, 5) is 0. The van der Waals surface area contributed by atoms with Gasteiger partial charge in [-0.3, -0.25) is 9.44 Å². The van der Waals surface area contributed by atoms with E-state index in [-0.39, 0.29) is 11.4 Å². The summed E-state index contributed by atoms with van der Waals surface area (Å²) in [5.41, 5.74) is 0.470. The molecule has 2 rings (SSSR count). The summed E-state index contributed by atoms with van der Waals surface area (Å²) in [6.45, 7) is 0. The maximum Gasteiger partial charge on any atom is 0.249 e. The predicted octanol–water partition coefficient (Wildman–Crippen LogP) is 0.141. The second-order valence-electron chi connectivity index (χ2n) is 3.10. The lowest BCUT2D eigenvalue weighted by Crippen LogP contribution is -2.23. The molecule has 8 heteroatoms. The molecule has 1 heterocycles. The molecular weight excluding hydrogens is 240 g/mol. The van der Waals surface area contributed by atoms with E-state index in [1.54, 1.807) is 12.1 Å². The summed E-state index contributed by atoms with van der Waals surface area (Å²) in [6.07, 6.45) is 0. The van der Waals surface area contributed by atoms with Gasteiger partial charge in [-0.1, -0.05) is 12.1 Å². The third kappa shape index (κ3) is 2.21. The van der Waals surface area contributed by atoms with Crippen LogP contribution in [0.3, 0.4) is 0 Å². The van der Waals surface area contributed by atoms with Crippen molar-refractivity contribution in [2.45, 2.75) is 0 Å². The molecule has 0 atom stereocenters. The van der Waals surface area contributed by atoms with Crippen LogP contribution in [-0.2, 0) is 20.0 Å². The highest BCUT2D eigenvalue weighted by atomic mass is 32.3. The quantitative estimate of drug-likeness (QED) is 0.683. The molecule has 0 spiro atoms. The van der Waals surface area contributed by atoms with E-state index in [0.717, 1.165) is 0 Å². The van der Waals surface area contributed by atoms with Crippen molar-refractivity contribution >= 4 is 31.4 Å². The fraction of sp³-hybridized carbons (Fsp3) is 0.143. The molecule has 0 amide bonds. The summed E-state index contributed by atoms with van der Waals surface area (Å²) in [5, 5.41) is -0.964. The zero-order chi connectivity index (χ0) is 11.1. The van der Waals surface area contributed by atoms with Crippen molar-refractivity contribution in [2.24, 2.45) is 0 Å². The second kappa shape index (κ2) is 3.11. The summed E-state index contributed by atoms with van der Waals surface area (Å²) in [7, 11) is -7.68. The van der Waals surface area contributed by atoms with Crippen LogP contribution in [0.2, 0.25) is 0 Å². The molecule has 0 aliphatic carbocycles. The van der Waals surface area contributed by atoms with E-state index in [9.17, 15) is 16.8 Å². The Morgan fingerprint density at radius 2 is 1.27 bits per heavy atom. The van der Waals surface area contributed by atoms with Crippen molar-refractivity contribution in [3.8, 4) is 0 Å². The van der Waals surface area contributed by atoms with Crippen molar-refractivity contribution in [1.29, 1.82) is 0 Å². The maximum atomic E-state index is 11.3. The molecule has 0 aromatic heterocycles. The lowest BCUT2D eigenvalue weighted by atomic mass is 10.3. The van der Waals surface area contributed by atoms with E-state index >= 15 is 0 Å². The Kier molecular flexibility index (Phi) is 2.12. The van der Waals surface area contributed by atoms with E-state index in [1.807, 2.05) is 0 Å². The molecule has 15 heavy (non-hydrogen) atoms. The zero-order valence-corrected chi connectivity index (χ0v) is 9.10. The topological polar surface area (TPSA) is 92.3 Å². The van der Waals surface area contributed by atoms with Gasteiger partial charge in [-0.2, -0.15) is 0 Å². The predicted molar refractivity (Wildman–Crippen MR) is 56.4 cm³/mol. The lowest BCUT2D eigenvalue weighted by molar-refractivity contribution is 0.595. The zero-order valence-electron chi connectivity index (χ0n) is 7.47. The van der Waals surface area contributed by atoms with E-state index in [2.05, 4.69) is 9.44 Å². The van der Waals surface area contributed by atoms with Gasteiger partial charge in [0.15, 0.2) is 5.08 Å². The first-order valence-corrected chi connectivity index (χ1v) is 7.28. The Hall–Kier alpha value is -1.28. The highest BCUT2D eigenvalue weighted by Crippen LogP contribution is 2.26. The van der Waals surface area contributed by atoms with Crippen LogP contribution in [0.1, 0.15) is 0 Å². The largest absolute Gasteiger partial charge is 0.281 e. The van der Waals surface area contributed by atoms with Gasteiger partial charge >= 0.3 is 0 Å². The average molecular weight is 248 g/mol. The van der Waals surface area contributed by atoms with E-state index in [0.29, 0.717) is 0 Å². The summed E-state index contributed by atoms with van der Waals surface area (Å²) in [5.74, 6) is 0. The van der Waals surface area contributed by atoms with Gasteiger partial charge < -0.3 is 0 Å². The molecule has 0 saturated heterocycles. The number of hydrogen-bond donors (Lipinski definition) is 2. The van der Waals surface area contributed by atoms with Gasteiger partial charge in [-0.25, -0.2) is 16.8 Å². The number of fused-ring (bicyclic) bond motifs is 1. The third-order valence-electron chi connectivity index (χ3n) is 1.77. The number of para-hydroxylation sites is 2. The molecule has 82 valence electrons. The molecule has 0 fully saturated rings. The van der Waals surface area contributed by atoms with Gasteiger partial charge in [0.25, 0.3) is 0 Å². The van der Waals surface area contributed by atoms with Crippen LogP contribution in [0, 0.1) is 0 Å². The van der Waals surface area contributed by atoms with Crippen molar-refractivity contribution in [3.63, 3.8) is 0 Å². The van der Waals surface area contributed by atoms with Crippen molar-refractivity contribution in [2.75, 3.05) is 14.5 Å². The van der Waals surface area contributed by atoms with Crippen LogP contribution in [-0.4, -0.2) is 21.9 Å². The molecule has 1 aromatic rings. The van der Waals surface area contributed by atoms with Crippen LogP contribution in [0.4, 0.5) is 11.4 Å². The minimum Gasteiger partial charge on any atom is -0.281 e. The second-order valence-corrected chi connectivity index (χ2v) is 6.91. The normalized spacial score (nSPS) is 21.6. The third-order valence-corrected chi connectivity index (χ3v) is 5.31. The van der Waals surface area contributed by atoms with Gasteiger partial charge in [0, 0.05) is 0 Å². The molecular formula is C7H8N2O4S2. The first kappa shape index (κ1) is 10.2. The SMILES string of the molecule is O=S1(=O)CS(=O)(=O)Nc2ccccc2N1. The number of hydrogen-bond acceptors (Lipinski definition) is 4. The number of sulfonamides is 2. The lowest BCUT2D eigenvalue weighted by Gasteiger charge is -2.04. The van der Waals surface area contributed by atoms with Crippen LogP contribution in [0.5, 0.6) is 0 Å². The summed E-state index contributed by atoms with van der Waals surface area (Å²) >= 11 is 0. The molecule has 1 aliphatic heterocycles. The molecule has 0 saturated carbocycles. The van der Waals surface area contributed by atoms with Gasteiger partial charge in [0.1, 0.15) is 0 Å². The molecule has 0 bridgehead atoms. The van der Waals surface area contributed by atoms with E-state index in [1.165, 1.54) is 12.1 Å². The number of rotatable bonds is 0. The van der Waals surface area contributed by atoms with Gasteiger partial charge in [-0.15, -0.1) is 0 Å². The van der Waals surface area contributed by atoms with Crippen LogP contribution in [0.15, 0.2) is 24.3 Å². The summed E-state index contributed by atoms with van der Waals surface area (Å²) in [6, 6.07) is 6.20. The molecule has 0 radical (unpaired) electrons. The maximum absolute atomic E-state index is 11.3. The Balaban J connectivity index is 2.64. The van der Waals surface area contributed by atoms with Crippen LogP contribution < -0.4 is 9.44 Å². The Morgan fingerprint density at radius 1 is 0.867 bits per heavy atom. The van der Waals surface area contributed by atoms with Crippen molar-refractivity contribution < 1.29 is 16.8 Å². The summed E-state index contributed by atoms with van der Waals surface area (Å²) < 4.78 is 49.6. The first-order valence-electron chi connectivity index (χ1n) is 3.98. The number of benzene rings is 1. The smallest absolute Gasteiger partial charge is 0.249 e. The Morgan fingerprint density at radius 3 is 1.67 bits per heavy atom. The van der Waals surface area contributed by atoms with Crippen molar-refractivity contribution in [3.05, 3.63) is 24.3 Å². The Labute approximate surface area is 87.4 Å². The van der Waals surface area contributed by atoms with Crippen LogP contribution >= 0.6 is 0 Å². The minimum atomic E-state index is -3.84. The fourth-order valence-corrected chi connectivity index (χ4v) is 4.39. The van der Waals surface area contributed by atoms with Gasteiger partial charge in [0.2, 0.25) is 20.0 Å². The van der Waals surface area contributed by atoms with E-state index in [4.69, 9.17) is 0 Å². The molecule has 2 N–H and O–H groups in total. The minimum absolute atomic E-state index is 0.235. The fourth-order valence-electron chi connectivity index (χ4n) is 1.26. The van der Waals surface area contributed by atoms with Crippen LogP contribution in [0.25, 0.3) is 0 Å². The molecule has 0 unspecified atom stereocenters. The average Bonchev–Trinajstić information content (AvgIpc) is 2.13. The highest BCUT2D eigenvalue weighted by Gasteiger charge is 2.27. The molecule has 6 nitrogen and oxygen atoms in total. The van der Waals surface area contributed by atoms with Crippen molar-refractivity contribution in [1.82, 2.24) is 0 Å². The standard InChI is InChI=1S/C7H8N2O4S2/c10-14(11)5-15(12,13)9-7-4-2-1-3-6(7)8-14/h1-4,8-9H,5H2. The monoisotopic (exact) mass is 248 g/mol. The molecule has 1 aliphatic rings. The van der Waals surface area contributed by atoms with E-state index < -0.39 is 25.1 Å². The molecule has 1 aromatic carbocycles. The van der Waals surface area contributed by atoms with Gasteiger partial charge in [-0.05, 0) is 12.1 Å². The number of anilines is 2. The number of nitrogens with one attached hydrogen (secondary N) is 2. The van der Waals surface area contributed by atoms with Gasteiger partial charge in [0.05, 0.1) is 11.4 Å². The first-order chi connectivity index (χ1) is 6.88. The highest BCUT2D eigenvalue weighted by molar-refractivity contribution is 8.09.